The number of rotatable bonds is 2. The van der Waals surface area contributed by atoms with Crippen LogP contribution in [-0.2, 0) is 0 Å². The number of nitrogens with two attached hydrogens (primary N) is 1. The number of nitrogen functional groups attached to an aromatic ring is 1. The van der Waals surface area contributed by atoms with Crippen LogP contribution in [0.3, 0.4) is 0 Å². The zero-order valence-corrected chi connectivity index (χ0v) is 11.0. The van der Waals surface area contributed by atoms with Gasteiger partial charge < -0.3 is 10.3 Å². The van der Waals surface area contributed by atoms with E-state index in [0.717, 1.165) is 17.8 Å². The van der Waals surface area contributed by atoms with Crippen LogP contribution in [0.5, 0.6) is 0 Å². The van der Waals surface area contributed by atoms with Gasteiger partial charge in [0.2, 0.25) is 0 Å². The Hall–Kier alpha value is -1.55. The van der Waals surface area contributed by atoms with Gasteiger partial charge in [0, 0.05) is 16.6 Å². The van der Waals surface area contributed by atoms with Gasteiger partial charge in [-0.3, -0.25) is 0 Å². The molecule has 0 saturated heterocycles. The van der Waals surface area contributed by atoms with Crippen molar-refractivity contribution in [1.82, 2.24) is 10.1 Å². The summed E-state index contributed by atoms with van der Waals surface area (Å²) in [5.41, 5.74) is 7.46. The Morgan fingerprint density at radius 3 is 2.78 bits per heavy atom. The van der Waals surface area contributed by atoms with Crippen LogP contribution in [-0.4, -0.2) is 10.1 Å². The van der Waals surface area contributed by atoms with Crippen LogP contribution < -0.4 is 5.73 Å². The Morgan fingerprint density at radius 1 is 1.44 bits per heavy atom. The molecule has 4 nitrogen and oxygen atoms in total. The second kappa shape index (κ2) is 3.72. The molecule has 0 amide bonds. The van der Waals surface area contributed by atoms with Crippen LogP contribution in [0.4, 0.5) is 5.69 Å². The second-order valence-corrected chi connectivity index (χ2v) is 5.87. The molecule has 3 rings (SSSR count). The summed E-state index contributed by atoms with van der Waals surface area (Å²) in [6, 6.07) is 5.24. The van der Waals surface area contributed by atoms with E-state index in [0.29, 0.717) is 22.5 Å². The van der Waals surface area contributed by atoms with E-state index in [4.69, 9.17) is 21.9 Å². The molecule has 1 unspecified atom stereocenters. The zero-order chi connectivity index (χ0) is 12.9. The third kappa shape index (κ3) is 1.86. The molecule has 18 heavy (non-hydrogen) atoms. The Labute approximate surface area is 110 Å². The molecule has 0 bridgehead atoms. The second-order valence-electron chi connectivity index (χ2n) is 5.43. The molecular weight excluding hydrogens is 250 g/mol. The van der Waals surface area contributed by atoms with Gasteiger partial charge in [0.25, 0.3) is 5.89 Å². The lowest BCUT2D eigenvalue weighted by molar-refractivity contribution is 0.419. The Kier molecular flexibility index (Phi) is 2.38. The summed E-state index contributed by atoms with van der Waals surface area (Å²) in [4.78, 5) is 4.43. The number of halogens is 1. The van der Waals surface area contributed by atoms with E-state index in [-0.39, 0.29) is 5.41 Å². The summed E-state index contributed by atoms with van der Waals surface area (Å²) >= 11 is 5.86. The molecular formula is C13H14ClN3O. The summed E-state index contributed by atoms with van der Waals surface area (Å²) in [7, 11) is 0. The maximum Gasteiger partial charge on any atom is 0.260 e. The summed E-state index contributed by atoms with van der Waals surface area (Å²) in [5, 5.41) is 4.64. The molecule has 1 aromatic heterocycles. The fraction of sp³-hybridized carbons (Fsp3) is 0.385. The lowest BCUT2D eigenvalue weighted by Gasteiger charge is -2.00. The fourth-order valence-corrected chi connectivity index (χ4v) is 2.30. The van der Waals surface area contributed by atoms with E-state index in [2.05, 4.69) is 24.0 Å². The van der Waals surface area contributed by atoms with Gasteiger partial charge in [-0.05, 0) is 30.0 Å². The van der Waals surface area contributed by atoms with Crippen molar-refractivity contribution in [2.24, 2.45) is 5.41 Å². The number of hydrogen-bond donors (Lipinski definition) is 1. The molecule has 1 saturated carbocycles. The monoisotopic (exact) mass is 263 g/mol. The SMILES string of the molecule is CC1(C)CC1c1noc(-c2ccc(Cl)cc2N)n1. The van der Waals surface area contributed by atoms with E-state index in [1.807, 2.05) is 0 Å². The minimum atomic E-state index is 0.284. The quantitative estimate of drug-likeness (QED) is 0.843. The number of nitrogens with zero attached hydrogens (tertiary/aromatic N) is 2. The van der Waals surface area contributed by atoms with Crippen molar-refractivity contribution in [3.05, 3.63) is 29.0 Å². The molecule has 1 atom stereocenters. The number of anilines is 1. The molecule has 0 spiro atoms. The van der Waals surface area contributed by atoms with E-state index in [9.17, 15) is 0 Å². The van der Waals surface area contributed by atoms with Gasteiger partial charge in [0.05, 0.1) is 5.56 Å². The Bertz CT molecular complexity index is 606. The van der Waals surface area contributed by atoms with Crippen LogP contribution in [0, 0.1) is 5.41 Å². The molecule has 0 aliphatic heterocycles. The number of benzene rings is 1. The minimum Gasteiger partial charge on any atom is -0.398 e. The first-order chi connectivity index (χ1) is 8.47. The third-order valence-corrected chi connectivity index (χ3v) is 3.75. The van der Waals surface area contributed by atoms with Crippen LogP contribution in [0.25, 0.3) is 11.5 Å². The van der Waals surface area contributed by atoms with E-state index in [1.54, 1.807) is 18.2 Å². The molecule has 1 aromatic carbocycles. The molecule has 94 valence electrons. The standard InChI is InChI=1S/C13H14ClN3O/c1-13(2)6-9(13)11-16-12(18-17-11)8-4-3-7(14)5-10(8)15/h3-5,9H,6,15H2,1-2H3. The Balaban J connectivity index is 1.94. The van der Waals surface area contributed by atoms with Crippen LogP contribution in [0.2, 0.25) is 5.02 Å². The predicted octanol–water partition coefficient (Wildman–Crippen LogP) is 3.49. The van der Waals surface area contributed by atoms with Crippen molar-refractivity contribution in [1.29, 1.82) is 0 Å². The lowest BCUT2D eigenvalue weighted by atomic mass is 10.1. The average Bonchev–Trinajstić information content (AvgIpc) is 2.74. The molecule has 2 aromatic rings. The molecule has 2 N–H and O–H groups in total. The molecule has 1 aliphatic rings. The Morgan fingerprint density at radius 2 is 2.17 bits per heavy atom. The smallest absolute Gasteiger partial charge is 0.260 e. The topological polar surface area (TPSA) is 64.9 Å². The van der Waals surface area contributed by atoms with Gasteiger partial charge in [-0.2, -0.15) is 4.98 Å². The summed E-state index contributed by atoms with van der Waals surface area (Å²) in [6.07, 6.45) is 1.10. The van der Waals surface area contributed by atoms with Crippen LogP contribution in [0.15, 0.2) is 22.7 Å². The number of hydrogen-bond acceptors (Lipinski definition) is 4. The summed E-state index contributed by atoms with van der Waals surface area (Å²) in [5.74, 6) is 1.62. The molecule has 1 heterocycles. The van der Waals surface area contributed by atoms with Crippen molar-refractivity contribution < 1.29 is 4.52 Å². The van der Waals surface area contributed by atoms with E-state index >= 15 is 0 Å². The van der Waals surface area contributed by atoms with Crippen molar-refractivity contribution in [2.75, 3.05) is 5.73 Å². The zero-order valence-electron chi connectivity index (χ0n) is 10.3. The highest BCUT2D eigenvalue weighted by Gasteiger charge is 2.49. The van der Waals surface area contributed by atoms with Crippen molar-refractivity contribution in [3.8, 4) is 11.5 Å². The van der Waals surface area contributed by atoms with E-state index < -0.39 is 0 Å². The van der Waals surface area contributed by atoms with Crippen molar-refractivity contribution in [2.45, 2.75) is 26.2 Å². The highest BCUT2D eigenvalue weighted by molar-refractivity contribution is 6.31. The summed E-state index contributed by atoms with van der Waals surface area (Å²) in [6.45, 7) is 4.40. The lowest BCUT2D eigenvalue weighted by Crippen LogP contribution is -1.93. The molecule has 5 heteroatoms. The van der Waals surface area contributed by atoms with Gasteiger partial charge in [0.15, 0.2) is 5.82 Å². The van der Waals surface area contributed by atoms with Gasteiger partial charge in [-0.1, -0.05) is 30.6 Å². The highest BCUT2D eigenvalue weighted by Crippen LogP contribution is 2.57. The van der Waals surface area contributed by atoms with Crippen molar-refractivity contribution >= 4 is 17.3 Å². The summed E-state index contributed by atoms with van der Waals surface area (Å²) < 4.78 is 5.28. The first kappa shape index (κ1) is 11.5. The van der Waals surface area contributed by atoms with Gasteiger partial charge in [0.1, 0.15) is 0 Å². The molecule has 1 fully saturated rings. The highest BCUT2D eigenvalue weighted by atomic mass is 35.5. The average molecular weight is 264 g/mol. The predicted molar refractivity (Wildman–Crippen MR) is 70.3 cm³/mol. The first-order valence-corrected chi connectivity index (χ1v) is 6.24. The van der Waals surface area contributed by atoms with Gasteiger partial charge in [-0.15, -0.1) is 0 Å². The van der Waals surface area contributed by atoms with Gasteiger partial charge >= 0.3 is 0 Å². The maximum absolute atomic E-state index is 5.90. The third-order valence-electron chi connectivity index (χ3n) is 3.51. The fourth-order valence-electron chi connectivity index (χ4n) is 2.12. The number of aromatic nitrogens is 2. The first-order valence-electron chi connectivity index (χ1n) is 5.86. The van der Waals surface area contributed by atoms with Crippen LogP contribution in [0.1, 0.15) is 32.0 Å². The maximum atomic E-state index is 5.90. The normalized spacial score (nSPS) is 20.9. The van der Waals surface area contributed by atoms with E-state index in [1.165, 1.54) is 0 Å². The molecule has 1 aliphatic carbocycles. The van der Waals surface area contributed by atoms with Crippen LogP contribution >= 0.6 is 11.6 Å². The van der Waals surface area contributed by atoms with Gasteiger partial charge in [-0.25, -0.2) is 0 Å². The van der Waals surface area contributed by atoms with Crippen molar-refractivity contribution in [3.63, 3.8) is 0 Å². The largest absolute Gasteiger partial charge is 0.398 e. The molecule has 0 radical (unpaired) electrons. The minimum absolute atomic E-state index is 0.284.